The average Bonchev–Trinajstić information content (AvgIpc) is 3.49. The van der Waals surface area contributed by atoms with E-state index >= 15 is 4.79 Å². The number of carbonyl (C=O) groups is 2. The van der Waals surface area contributed by atoms with Gasteiger partial charge in [-0.2, -0.15) is 4.68 Å². The topological polar surface area (TPSA) is 205 Å². The molecule has 2 heterocycles. The normalized spacial score (nSPS) is 14.0. The lowest BCUT2D eigenvalue weighted by atomic mass is 9.84. The number of benzene rings is 4. The van der Waals surface area contributed by atoms with Crippen LogP contribution in [0.15, 0.2) is 99.4 Å². The molecule has 0 aliphatic heterocycles. The van der Waals surface area contributed by atoms with Gasteiger partial charge in [0, 0.05) is 10.4 Å². The first-order valence-electron chi connectivity index (χ1n) is 21.0. The van der Waals surface area contributed by atoms with Crippen molar-refractivity contribution in [1.29, 1.82) is 0 Å². The second kappa shape index (κ2) is 19.1. The average molecular weight is 947 g/mol. The number of halogens is 2. The number of carbonyl (C=O) groups excluding carboxylic acids is 2. The zero-order valence-corrected chi connectivity index (χ0v) is 38.7. The van der Waals surface area contributed by atoms with Crippen LogP contribution in [-0.4, -0.2) is 57.8 Å². The van der Waals surface area contributed by atoms with E-state index in [0.717, 1.165) is 42.2 Å². The van der Waals surface area contributed by atoms with Gasteiger partial charge in [0.25, 0.3) is 23.2 Å². The van der Waals surface area contributed by atoms with Crippen LogP contribution in [0.1, 0.15) is 88.7 Å². The monoisotopic (exact) mass is 945 g/mol. The molecule has 0 spiro atoms. The number of fused-ring (bicyclic) bond motifs is 1. The second-order valence-electron chi connectivity index (χ2n) is 16.6. The first-order valence-corrected chi connectivity index (χ1v) is 23.3. The lowest BCUT2D eigenvalue weighted by Crippen LogP contribution is -2.45. The molecule has 0 saturated heterocycles. The Kier molecular flexibility index (Phi) is 13.8. The number of ether oxygens (including phenoxy) is 2. The molecule has 2 amide bonds. The molecular formula is C46H49Cl2N7O9S. The highest BCUT2D eigenvalue weighted by atomic mass is 35.5. The number of nitrogens with zero attached hydrogens (tertiary/aromatic N) is 4. The number of rotatable bonds is 14. The van der Waals surface area contributed by atoms with Crippen LogP contribution < -0.4 is 36.2 Å². The standard InChI is InChI=1S/C46H49Cl2N7O9S/c1-6-63-43-42(58)54(45(60)53(43)26-27-15-9-7-10-16-27)38(39-51-37-32(23-29(47)24-33(37)48)41(57)55(39)52-44(59)46(2,3)4)40(56)50-34-25-30(65(61,62)49-5)21-22-36(34)64-35-20-14-13-19-31(35)28-17-11-8-12-18-28/h7,9-10,13-16,19-25,28,38,49,58H,6,8,11-12,17-18,26H2,1-5H3,(H,50,56)(H,52,59). The quantitative estimate of drug-likeness (QED) is 0.0831. The number of anilines is 1. The van der Waals surface area contributed by atoms with E-state index in [9.17, 15) is 27.9 Å². The maximum Gasteiger partial charge on any atom is 0.335 e. The van der Waals surface area contributed by atoms with Crippen LogP contribution in [0, 0.1) is 5.41 Å². The summed E-state index contributed by atoms with van der Waals surface area (Å²) < 4.78 is 43.7. The highest BCUT2D eigenvalue weighted by Gasteiger charge is 2.38. The number of sulfonamides is 1. The number of para-hydroxylation sites is 1. The number of nitrogens with one attached hydrogen (secondary N) is 3. The minimum atomic E-state index is -4.12. The SMILES string of the molecule is CCOc1c(O)n(C(C(=O)Nc2cc(S(=O)(=O)NC)ccc2Oc2ccccc2C2CCCCC2)c2nc3c(Cl)cc(Cl)cc3c(=O)n2NC(=O)C(C)(C)C)c(=O)n1Cc1ccccc1. The summed E-state index contributed by atoms with van der Waals surface area (Å²) in [6, 6.07) is 20.6. The van der Waals surface area contributed by atoms with Gasteiger partial charge >= 0.3 is 5.69 Å². The van der Waals surface area contributed by atoms with Gasteiger partial charge in [0.2, 0.25) is 15.9 Å². The third-order valence-electron chi connectivity index (χ3n) is 11.1. The highest BCUT2D eigenvalue weighted by molar-refractivity contribution is 7.89. The fourth-order valence-electron chi connectivity index (χ4n) is 7.72. The van der Waals surface area contributed by atoms with Crippen molar-refractivity contribution in [2.24, 2.45) is 5.41 Å². The van der Waals surface area contributed by atoms with Crippen molar-refractivity contribution < 1.29 is 32.6 Å². The van der Waals surface area contributed by atoms with Gasteiger partial charge in [-0.05, 0) is 80.3 Å². The van der Waals surface area contributed by atoms with Crippen molar-refractivity contribution in [3.8, 4) is 23.3 Å². The molecule has 1 fully saturated rings. The summed E-state index contributed by atoms with van der Waals surface area (Å²) in [6.07, 6.45) is 5.10. The zero-order valence-electron chi connectivity index (χ0n) is 36.4. The van der Waals surface area contributed by atoms with Crippen molar-refractivity contribution in [3.63, 3.8) is 0 Å². The molecule has 16 nitrogen and oxygen atoms in total. The fraction of sp³-hybridized carbons (Fsp3) is 0.326. The Balaban J connectivity index is 1.49. The molecule has 65 heavy (non-hydrogen) atoms. The summed E-state index contributed by atoms with van der Waals surface area (Å²) in [4.78, 5) is 63.1. The number of aromatic hydroxyl groups is 1. The van der Waals surface area contributed by atoms with Gasteiger partial charge in [0.1, 0.15) is 5.75 Å². The Morgan fingerprint density at radius 1 is 0.938 bits per heavy atom. The number of hydrogen-bond donors (Lipinski definition) is 4. The molecule has 1 aliphatic rings. The summed E-state index contributed by atoms with van der Waals surface area (Å²) >= 11 is 13.0. The van der Waals surface area contributed by atoms with E-state index in [1.807, 2.05) is 12.1 Å². The molecule has 342 valence electrons. The maximum atomic E-state index is 15.5. The minimum Gasteiger partial charge on any atom is -0.491 e. The van der Waals surface area contributed by atoms with Crippen LogP contribution in [0.5, 0.6) is 23.3 Å². The van der Waals surface area contributed by atoms with Gasteiger partial charge in [-0.15, -0.1) is 0 Å². The molecule has 1 atom stereocenters. The van der Waals surface area contributed by atoms with Crippen molar-refractivity contribution in [2.45, 2.75) is 83.2 Å². The lowest BCUT2D eigenvalue weighted by molar-refractivity contribution is -0.124. The van der Waals surface area contributed by atoms with Gasteiger partial charge in [-0.1, -0.05) is 112 Å². The highest BCUT2D eigenvalue weighted by Crippen LogP contribution is 2.41. The van der Waals surface area contributed by atoms with Gasteiger partial charge in [-0.3, -0.25) is 24.4 Å². The molecule has 4 N–H and O–H groups in total. The molecule has 0 radical (unpaired) electrons. The van der Waals surface area contributed by atoms with Crippen LogP contribution >= 0.6 is 23.2 Å². The molecule has 19 heteroatoms. The summed E-state index contributed by atoms with van der Waals surface area (Å²) in [5.74, 6) is -2.87. The van der Waals surface area contributed by atoms with Crippen LogP contribution in [0.3, 0.4) is 0 Å². The molecule has 6 aromatic rings. The van der Waals surface area contributed by atoms with Crippen molar-refractivity contribution >= 4 is 61.6 Å². The second-order valence-corrected chi connectivity index (χ2v) is 19.3. The number of amides is 2. The molecular weight excluding hydrogens is 898 g/mol. The smallest absolute Gasteiger partial charge is 0.335 e. The van der Waals surface area contributed by atoms with E-state index in [-0.39, 0.29) is 62.2 Å². The lowest BCUT2D eigenvalue weighted by Gasteiger charge is -2.26. The number of hydrogen-bond acceptors (Lipinski definition) is 10. The Labute approximate surface area is 385 Å². The fourth-order valence-corrected chi connectivity index (χ4v) is 9.01. The Morgan fingerprint density at radius 3 is 2.31 bits per heavy atom. The van der Waals surface area contributed by atoms with E-state index < -0.39 is 56.2 Å². The zero-order chi connectivity index (χ0) is 46.8. The maximum absolute atomic E-state index is 15.5. The Hall–Kier alpha value is -6.14. The molecule has 1 aliphatic carbocycles. The van der Waals surface area contributed by atoms with Crippen LogP contribution in [-0.2, 0) is 26.2 Å². The molecule has 1 saturated carbocycles. The number of aromatic nitrogens is 4. The van der Waals surface area contributed by atoms with Gasteiger partial charge < -0.3 is 19.9 Å². The summed E-state index contributed by atoms with van der Waals surface area (Å²) in [6.45, 7) is 6.26. The largest absolute Gasteiger partial charge is 0.491 e. The first kappa shape index (κ1) is 46.8. The van der Waals surface area contributed by atoms with E-state index in [0.29, 0.717) is 20.6 Å². The van der Waals surface area contributed by atoms with Gasteiger partial charge in [0.15, 0.2) is 17.6 Å². The molecule has 1 unspecified atom stereocenters. The van der Waals surface area contributed by atoms with Crippen molar-refractivity contribution in [1.82, 2.24) is 23.5 Å². The summed E-state index contributed by atoms with van der Waals surface area (Å²) in [5.41, 5.74) is 0.765. The van der Waals surface area contributed by atoms with E-state index in [2.05, 4.69) is 20.4 Å². The number of imidazole rings is 1. The molecule has 2 aromatic heterocycles. The van der Waals surface area contributed by atoms with Crippen LogP contribution in [0.25, 0.3) is 10.9 Å². The molecule has 4 aromatic carbocycles. The van der Waals surface area contributed by atoms with E-state index in [1.165, 1.54) is 37.4 Å². The van der Waals surface area contributed by atoms with Crippen molar-refractivity contribution in [2.75, 3.05) is 24.4 Å². The van der Waals surface area contributed by atoms with Crippen LogP contribution in [0.2, 0.25) is 10.0 Å². The third-order valence-corrected chi connectivity index (χ3v) is 13.0. The molecule has 7 rings (SSSR count). The van der Waals surface area contributed by atoms with Crippen LogP contribution in [0.4, 0.5) is 5.69 Å². The van der Waals surface area contributed by atoms with E-state index in [1.54, 1.807) is 70.2 Å². The first-order chi connectivity index (χ1) is 30.9. The molecule has 0 bridgehead atoms. The van der Waals surface area contributed by atoms with E-state index in [4.69, 9.17) is 32.7 Å². The van der Waals surface area contributed by atoms with Gasteiger partial charge in [-0.25, -0.2) is 27.5 Å². The predicted molar refractivity (Wildman–Crippen MR) is 249 cm³/mol. The Bertz CT molecular complexity index is 3010. The summed E-state index contributed by atoms with van der Waals surface area (Å²) in [5, 5.41) is 14.6. The summed E-state index contributed by atoms with van der Waals surface area (Å²) in [7, 11) is -2.89. The minimum absolute atomic E-state index is 0.0185. The third kappa shape index (κ3) is 9.78. The van der Waals surface area contributed by atoms with Crippen molar-refractivity contribution in [3.05, 3.63) is 133 Å². The predicted octanol–water partition coefficient (Wildman–Crippen LogP) is 7.91. The van der Waals surface area contributed by atoms with Gasteiger partial charge in [0.05, 0.1) is 39.7 Å². The Morgan fingerprint density at radius 2 is 1.63 bits per heavy atom.